The summed E-state index contributed by atoms with van der Waals surface area (Å²) in [6.45, 7) is 6.35. The lowest BCUT2D eigenvalue weighted by atomic mass is 9.80. The molecule has 0 atom stereocenters. The summed E-state index contributed by atoms with van der Waals surface area (Å²) >= 11 is 0. The van der Waals surface area contributed by atoms with Crippen LogP contribution in [0.1, 0.15) is 26.7 Å². The average Bonchev–Trinajstić information content (AvgIpc) is 2.29. The van der Waals surface area contributed by atoms with Crippen molar-refractivity contribution in [3.8, 4) is 0 Å². The molecule has 0 saturated carbocycles. The predicted molar refractivity (Wildman–Crippen MR) is 66.5 cm³/mol. The minimum Gasteiger partial charge on any atom is -0.355 e. The minimum absolute atomic E-state index is 0.0743. The van der Waals surface area contributed by atoms with Crippen molar-refractivity contribution in [2.24, 2.45) is 5.41 Å². The SMILES string of the molecule is CCNC(=O)CN(C)C(=O)C1(C)CCNCC1. The number of nitrogens with zero attached hydrogens (tertiary/aromatic N) is 1. The first-order valence-electron chi connectivity index (χ1n) is 6.22. The van der Waals surface area contributed by atoms with E-state index in [-0.39, 0.29) is 23.8 Å². The third-order valence-corrected chi connectivity index (χ3v) is 3.32. The molecule has 5 nitrogen and oxygen atoms in total. The van der Waals surface area contributed by atoms with Gasteiger partial charge in [-0.3, -0.25) is 9.59 Å². The molecule has 2 N–H and O–H groups in total. The molecule has 0 radical (unpaired) electrons. The van der Waals surface area contributed by atoms with E-state index < -0.39 is 0 Å². The smallest absolute Gasteiger partial charge is 0.239 e. The van der Waals surface area contributed by atoms with Crippen LogP contribution in [-0.2, 0) is 9.59 Å². The summed E-state index contributed by atoms with van der Waals surface area (Å²) in [5.41, 5.74) is -0.313. The highest BCUT2D eigenvalue weighted by atomic mass is 16.2. The van der Waals surface area contributed by atoms with E-state index in [2.05, 4.69) is 10.6 Å². The number of likely N-dealkylation sites (N-methyl/N-ethyl adjacent to an activating group) is 2. The Kier molecular flexibility index (Phi) is 4.93. The summed E-state index contributed by atoms with van der Waals surface area (Å²) in [5.74, 6) is -0.0221. The van der Waals surface area contributed by atoms with E-state index in [9.17, 15) is 9.59 Å². The van der Waals surface area contributed by atoms with Gasteiger partial charge in [-0.1, -0.05) is 6.92 Å². The van der Waals surface area contributed by atoms with Gasteiger partial charge in [0.25, 0.3) is 0 Å². The molecule has 0 aliphatic carbocycles. The van der Waals surface area contributed by atoms with Crippen LogP contribution in [0.2, 0.25) is 0 Å². The summed E-state index contributed by atoms with van der Waals surface area (Å²) in [7, 11) is 1.70. The topological polar surface area (TPSA) is 61.4 Å². The highest BCUT2D eigenvalue weighted by Gasteiger charge is 2.36. The summed E-state index contributed by atoms with van der Waals surface area (Å²) in [6, 6.07) is 0. The summed E-state index contributed by atoms with van der Waals surface area (Å²) in [6.07, 6.45) is 1.68. The van der Waals surface area contributed by atoms with Crippen LogP contribution in [0.5, 0.6) is 0 Å². The Bertz CT molecular complexity index is 285. The molecule has 1 rings (SSSR count). The van der Waals surface area contributed by atoms with Crippen LogP contribution < -0.4 is 10.6 Å². The van der Waals surface area contributed by atoms with Crippen LogP contribution in [-0.4, -0.2) is 49.9 Å². The Balaban J connectivity index is 2.53. The molecule has 1 aliphatic heterocycles. The first-order valence-corrected chi connectivity index (χ1v) is 6.22. The third-order valence-electron chi connectivity index (χ3n) is 3.32. The van der Waals surface area contributed by atoms with Crippen molar-refractivity contribution in [1.29, 1.82) is 0 Å². The highest BCUT2D eigenvalue weighted by Crippen LogP contribution is 2.29. The summed E-state index contributed by atoms with van der Waals surface area (Å²) < 4.78 is 0. The monoisotopic (exact) mass is 241 g/mol. The number of hydrogen-bond acceptors (Lipinski definition) is 3. The quantitative estimate of drug-likeness (QED) is 0.726. The Morgan fingerprint density at radius 1 is 1.35 bits per heavy atom. The molecule has 5 heteroatoms. The molecule has 1 saturated heterocycles. The van der Waals surface area contributed by atoms with Gasteiger partial charge in [-0.15, -0.1) is 0 Å². The van der Waals surface area contributed by atoms with Crippen LogP contribution >= 0.6 is 0 Å². The maximum absolute atomic E-state index is 12.3. The summed E-state index contributed by atoms with van der Waals surface area (Å²) in [5, 5.41) is 5.95. The van der Waals surface area contributed by atoms with Crippen molar-refractivity contribution >= 4 is 11.8 Å². The van der Waals surface area contributed by atoms with Crippen molar-refractivity contribution in [3.63, 3.8) is 0 Å². The van der Waals surface area contributed by atoms with E-state index >= 15 is 0 Å². The van der Waals surface area contributed by atoms with Crippen molar-refractivity contribution < 1.29 is 9.59 Å². The molecule has 98 valence electrons. The Morgan fingerprint density at radius 2 is 1.94 bits per heavy atom. The number of amides is 2. The molecule has 2 amide bonds. The van der Waals surface area contributed by atoms with Gasteiger partial charge in [0.2, 0.25) is 11.8 Å². The molecule has 0 aromatic rings. The highest BCUT2D eigenvalue weighted by molar-refractivity contribution is 5.87. The molecule has 0 bridgehead atoms. The molecule has 17 heavy (non-hydrogen) atoms. The third kappa shape index (κ3) is 3.70. The maximum Gasteiger partial charge on any atom is 0.239 e. The number of rotatable bonds is 4. The summed E-state index contributed by atoms with van der Waals surface area (Å²) in [4.78, 5) is 25.2. The van der Waals surface area contributed by atoms with E-state index in [1.165, 1.54) is 4.90 Å². The lowest BCUT2D eigenvalue weighted by Gasteiger charge is -2.35. The van der Waals surface area contributed by atoms with Gasteiger partial charge < -0.3 is 15.5 Å². The van der Waals surface area contributed by atoms with Gasteiger partial charge in [0.15, 0.2) is 0 Å². The lowest BCUT2D eigenvalue weighted by Crippen LogP contribution is -2.48. The zero-order valence-corrected chi connectivity index (χ0v) is 11.0. The van der Waals surface area contributed by atoms with E-state index in [1.54, 1.807) is 7.05 Å². The minimum atomic E-state index is -0.313. The van der Waals surface area contributed by atoms with Gasteiger partial charge in [0.1, 0.15) is 0 Å². The molecular weight excluding hydrogens is 218 g/mol. The second kappa shape index (κ2) is 6.00. The number of piperidine rings is 1. The number of carbonyl (C=O) groups excluding carboxylic acids is 2. The molecule has 1 heterocycles. The fourth-order valence-corrected chi connectivity index (χ4v) is 2.19. The average molecular weight is 241 g/mol. The lowest BCUT2D eigenvalue weighted by molar-refractivity contribution is -0.144. The number of carbonyl (C=O) groups is 2. The Labute approximate surface area is 103 Å². The maximum atomic E-state index is 12.3. The molecular formula is C12H23N3O2. The van der Waals surface area contributed by atoms with Crippen molar-refractivity contribution in [1.82, 2.24) is 15.5 Å². The Morgan fingerprint density at radius 3 is 2.47 bits per heavy atom. The van der Waals surface area contributed by atoms with Gasteiger partial charge >= 0.3 is 0 Å². The van der Waals surface area contributed by atoms with Gasteiger partial charge in [0, 0.05) is 19.0 Å². The zero-order chi connectivity index (χ0) is 12.9. The predicted octanol–water partition coefficient (Wildman–Crippen LogP) is -0.0294. The van der Waals surface area contributed by atoms with Gasteiger partial charge in [-0.25, -0.2) is 0 Å². The first-order chi connectivity index (χ1) is 7.99. The second-order valence-corrected chi connectivity index (χ2v) is 4.93. The largest absolute Gasteiger partial charge is 0.355 e. The number of nitrogens with one attached hydrogen (secondary N) is 2. The zero-order valence-electron chi connectivity index (χ0n) is 11.0. The fourth-order valence-electron chi connectivity index (χ4n) is 2.19. The van der Waals surface area contributed by atoms with Crippen molar-refractivity contribution in [2.75, 3.05) is 33.2 Å². The van der Waals surface area contributed by atoms with Crippen LogP contribution in [0.15, 0.2) is 0 Å². The van der Waals surface area contributed by atoms with E-state index in [1.807, 2.05) is 13.8 Å². The van der Waals surface area contributed by atoms with Crippen LogP contribution in [0.25, 0.3) is 0 Å². The van der Waals surface area contributed by atoms with Crippen molar-refractivity contribution in [3.05, 3.63) is 0 Å². The standard InChI is InChI=1S/C12H23N3O2/c1-4-14-10(16)9-15(3)11(17)12(2)5-7-13-8-6-12/h13H,4-9H2,1-3H3,(H,14,16). The molecule has 1 fully saturated rings. The van der Waals surface area contributed by atoms with Gasteiger partial charge in [0.05, 0.1) is 6.54 Å². The van der Waals surface area contributed by atoms with Gasteiger partial charge in [-0.05, 0) is 32.9 Å². The van der Waals surface area contributed by atoms with Crippen molar-refractivity contribution in [2.45, 2.75) is 26.7 Å². The Hall–Kier alpha value is -1.10. The van der Waals surface area contributed by atoms with E-state index in [0.29, 0.717) is 6.54 Å². The fraction of sp³-hybridized carbons (Fsp3) is 0.833. The first kappa shape index (κ1) is 14.0. The van der Waals surface area contributed by atoms with Crippen LogP contribution in [0.3, 0.4) is 0 Å². The molecule has 0 aromatic heterocycles. The number of hydrogen-bond donors (Lipinski definition) is 2. The molecule has 1 aliphatic rings. The van der Waals surface area contributed by atoms with Crippen LogP contribution in [0, 0.1) is 5.41 Å². The molecule has 0 unspecified atom stereocenters. The molecule has 0 aromatic carbocycles. The van der Waals surface area contributed by atoms with E-state index in [0.717, 1.165) is 25.9 Å². The molecule has 0 spiro atoms. The van der Waals surface area contributed by atoms with Crippen LogP contribution in [0.4, 0.5) is 0 Å². The second-order valence-electron chi connectivity index (χ2n) is 4.93. The normalized spacial score (nSPS) is 18.5. The van der Waals surface area contributed by atoms with E-state index in [4.69, 9.17) is 0 Å². The van der Waals surface area contributed by atoms with Gasteiger partial charge in [-0.2, -0.15) is 0 Å².